The third-order valence-corrected chi connectivity index (χ3v) is 3.05. The number of hydrogen-bond donors (Lipinski definition) is 0. The minimum Gasteiger partial charge on any atom is -0.294 e. The summed E-state index contributed by atoms with van der Waals surface area (Å²) in [5.41, 5.74) is 1.34. The van der Waals surface area contributed by atoms with Gasteiger partial charge >= 0.3 is 0 Å². The summed E-state index contributed by atoms with van der Waals surface area (Å²) in [6, 6.07) is 1.46. The van der Waals surface area contributed by atoms with Crippen molar-refractivity contribution in [3.63, 3.8) is 0 Å². The van der Waals surface area contributed by atoms with Gasteiger partial charge in [0.15, 0.2) is 0 Å². The molecule has 0 radical (unpaired) electrons. The highest BCUT2D eigenvalue weighted by Gasteiger charge is 1.95. The molecule has 0 aliphatic rings. The highest BCUT2D eigenvalue weighted by atomic mass is 28.2. The van der Waals surface area contributed by atoms with Crippen LogP contribution in [0.4, 0.5) is 0 Å². The van der Waals surface area contributed by atoms with Gasteiger partial charge in [0.2, 0.25) is 0 Å². The third kappa shape index (κ3) is 11.9. The lowest BCUT2D eigenvalue weighted by Gasteiger charge is -2.03. The van der Waals surface area contributed by atoms with Crippen LogP contribution in [0.25, 0.3) is 0 Å². The van der Waals surface area contributed by atoms with Gasteiger partial charge in [0.25, 0.3) is 0 Å². The summed E-state index contributed by atoms with van der Waals surface area (Å²) in [5.74, 6) is 0.759. The molecule has 0 bridgehead atoms. The van der Waals surface area contributed by atoms with Gasteiger partial charge in [-0.15, -0.1) is 0 Å². The van der Waals surface area contributed by atoms with E-state index in [2.05, 4.69) is 32.3 Å². The van der Waals surface area contributed by atoms with Gasteiger partial charge in [0, 0.05) is 21.8 Å². The van der Waals surface area contributed by atoms with Crippen molar-refractivity contribution < 1.29 is 0 Å². The molecule has 0 N–H and O–H groups in total. The van der Waals surface area contributed by atoms with E-state index in [-0.39, 0.29) is 16.9 Å². The van der Waals surface area contributed by atoms with E-state index >= 15 is 0 Å². The Morgan fingerprint density at radius 3 is 2.46 bits per heavy atom. The Bertz CT molecular complexity index is 130. The van der Waals surface area contributed by atoms with E-state index in [0.717, 1.165) is 12.5 Å². The van der Waals surface area contributed by atoms with Crippen LogP contribution in [0.5, 0.6) is 0 Å². The van der Waals surface area contributed by atoms with E-state index in [1.54, 1.807) is 0 Å². The monoisotopic (exact) mass is 201 g/mol. The molecule has 13 heavy (non-hydrogen) atoms. The zero-order valence-corrected chi connectivity index (χ0v) is 10.5. The van der Waals surface area contributed by atoms with Gasteiger partial charge in [-0.2, -0.15) is 0 Å². The minimum atomic E-state index is 0. The summed E-state index contributed by atoms with van der Waals surface area (Å²) in [6.07, 6.45) is 2.49. The van der Waals surface area contributed by atoms with Crippen LogP contribution in [0.3, 0.4) is 0 Å². The summed E-state index contributed by atoms with van der Waals surface area (Å²) in [7, 11) is 0.278. The highest BCUT2D eigenvalue weighted by molar-refractivity contribution is 6.33. The second-order valence-electron chi connectivity index (χ2n) is 3.92. The summed E-state index contributed by atoms with van der Waals surface area (Å²) in [5, 5.41) is 0. The second kappa shape index (κ2) is 9.97. The molecule has 2 heteroatoms. The van der Waals surface area contributed by atoms with Gasteiger partial charge in [-0.1, -0.05) is 33.9 Å². The van der Waals surface area contributed by atoms with Crippen molar-refractivity contribution in [3.8, 4) is 0 Å². The van der Waals surface area contributed by atoms with Crippen LogP contribution in [0.15, 0.2) is 4.99 Å². The Kier molecular flexibility index (Phi) is 11.8. The predicted molar refractivity (Wildman–Crippen MR) is 68.0 cm³/mol. The summed E-state index contributed by atoms with van der Waals surface area (Å²) < 4.78 is 0. The Morgan fingerprint density at radius 2 is 2.00 bits per heavy atom. The zero-order chi connectivity index (χ0) is 9.40. The lowest BCUT2D eigenvalue weighted by Crippen LogP contribution is -1.99. The maximum absolute atomic E-state index is 4.54. The average molecular weight is 201 g/mol. The van der Waals surface area contributed by atoms with Gasteiger partial charge < -0.3 is 0 Å². The zero-order valence-electron chi connectivity index (χ0n) is 9.06. The molecule has 0 heterocycles. The molecule has 0 fully saturated rings. The Balaban J connectivity index is 0. The van der Waals surface area contributed by atoms with E-state index in [1.807, 2.05) is 0 Å². The van der Waals surface area contributed by atoms with Crippen LogP contribution in [-0.2, 0) is 0 Å². The van der Waals surface area contributed by atoms with Crippen molar-refractivity contribution in [2.24, 2.45) is 10.9 Å². The van der Waals surface area contributed by atoms with Crippen molar-refractivity contribution >= 4 is 15.2 Å². The van der Waals surface area contributed by atoms with Crippen LogP contribution in [0.2, 0.25) is 12.6 Å². The maximum atomic E-state index is 4.54. The first-order valence-corrected chi connectivity index (χ1v) is 7.58. The van der Waals surface area contributed by atoms with Crippen molar-refractivity contribution in [2.45, 2.75) is 53.6 Å². The number of rotatable bonds is 6. The van der Waals surface area contributed by atoms with E-state index in [1.165, 1.54) is 24.6 Å². The number of nitrogens with zero attached hydrogens (tertiary/aromatic N) is 1. The first-order valence-electron chi connectivity index (χ1n) is 5.16. The molecule has 0 amide bonds. The van der Waals surface area contributed by atoms with E-state index in [9.17, 15) is 0 Å². The highest BCUT2D eigenvalue weighted by Crippen LogP contribution is 2.01. The van der Waals surface area contributed by atoms with Crippen molar-refractivity contribution in [1.29, 1.82) is 0 Å². The number of hydrogen-bond acceptors (Lipinski definition) is 1. The van der Waals surface area contributed by atoms with Crippen LogP contribution < -0.4 is 0 Å². The molecular formula is C11H27NSi. The predicted octanol–water partition coefficient (Wildman–Crippen LogP) is 3.15. The first kappa shape index (κ1) is 15.4. The smallest absolute Gasteiger partial charge is 0.0385 e. The molecule has 0 saturated carbocycles. The topological polar surface area (TPSA) is 12.4 Å². The van der Waals surface area contributed by atoms with Crippen molar-refractivity contribution in [1.82, 2.24) is 0 Å². The second-order valence-corrected chi connectivity index (χ2v) is 5.63. The van der Waals surface area contributed by atoms with Crippen LogP contribution in [-0.4, -0.2) is 21.8 Å². The van der Waals surface area contributed by atoms with E-state index in [4.69, 9.17) is 0 Å². The minimum absolute atomic E-state index is 0. The molecule has 0 aliphatic carbocycles. The maximum Gasteiger partial charge on any atom is 0.0385 e. The lowest BCUT2D eigenvalue weighted by molar-refractivity contribution is 0.679. The SMILES string of the molecule is C.C[SiH2]CCCN=C(C)CC(C)C. The summed E-state index contributed by atoms with van der Waals surface area (Å²) in [6.45, 7) is 10.1. The molecule has 0 aromatic heterocycles. The van der Waals surface area contributed by atoms with Gasteiger partial charge in [0.1, 0.15) is 0 Å². The molecule has 0 atom stereocenters. The fraction of sp³-hybridized carbons (Fsp3) is 0.909. The largest absolute Gasteiger partial charge is 0.294 e. The third-order valence-electron chi connectivity index (χ3n) is 1.85. The Morgan fingerprint density at radius 1 is 1.38 bits per heavy atom. The molecule has 0 aliphatic heterocycles. The fourth-order valence-electron chi connectivity index (χ4n) is 1.29. The fourth-order valence-corrected chi connectivity index (χ4v) is 2.01. The van der Waals surface area contributed by atoms with Crippen LogP contribution in [0.1, 0.15) is 41.0 Å². The molecule has 0 aromatic carbocycles. The first-order chi connectivity index (χ1) is 5.66. The molecule has 80 valence electrons. The molecule has 1 nitrogen and oxygen atoms in total. The average Bonchev–Trinajstić information content (AvgIpc) is 1.97. The standard InChI is InChI=1S/C10H23NSi.CH4/c1-9(2)8-10(3)11-6-5-7-12-4;/h9H,5-8,12H2,1-4H3;1H4. The van der Waals surface area contributed by atoms with Crippen molar-refractivity contribution in [2.75, 3.05) is 6.54 Å². The molecular weight excluding hydrogens is 174 g/mol. The van der Waals surface area contributed by atoms with Crippen molar-refractivity contribution in [3.05, 3.63) is 0 Å². The van der Waals surface area contributed by atoms with E-state index in [0.29, 0.717) is 0 Å². The number of aliphatic imine (C=N–C) groups is 1. The van der Waals surface area contributed by atoms with Crippen LogP contribution in [0, 0.1) is 5.92 Å². The van der Waals surface area contributed by atoms with E-state index < -0.39 is 0 Å². The molecule has 0 spiro atoms. The molecule has 0 saturated heterocycles. The molecule has 0 unspecified atom stereocenters. The normalized spacial score (nSPS) is 12.5. The quantitative estimate of drug-likeness (QED) is 0.356. The van der Waals surface area contributed by atoms with Crippen LogP contribution >= 0.6 is 0 Å². The van der Waals surface area contributed by atoms with Gasteiger partial charge in [-0.05, 0) is 25.7 Å². The Hall–Kier alpha value is -0.113. The lowest BCUT2D eigenvalue weighted by atomic mass is 10.1. The molecule has 0 aromatic rings. The van der Waals surface area contributed by atoms with Gasteiger partial charge in [0.05, 0.1) is 0 Å². The molecule has 0 rings (SSSR count). The Labute approximate surface area is 86.9 Å². The van der Waals surface area contributed by atoms with Gasteiger partial charge in [-0.25, -0.2) is 0 Å². The van der Waals surface area contributed by atoms with Gasteiger partial charge in [-0.3, -0.25) is 4.99 Å². The summed E-state index contributed by atoms with van der Waals surface area (Å²) in [4.78, 5) is 4.54. The summed E-state index contributed by atoms with van der Waals surface area (Å²) >= 11 is 0.